The highest BCUT2D eigenvalue weighted by molar-refractivity contribution is 6.19. The zero-order valence-electron chi connectivity index (χ0n) is 27.1. The summed E-state index contributed by atoms with van der Waals surface area (Å²) < 4.78 is 0. The normalized spacial score (nSPS) is 11.2. The Morgan fingerprint density at radius 1 is 0.360 bits per heavy atom. The first-order valence-corrected chi connectivity index (χ1v) is 16.7. The fraction of sp³-hybridized carbons (Fsp3) is 0. The summed E-state index contributed by atoms with van der Waals surface area (Å²) in [5, 5.41) is 16.4. The van der Waals surface area contributed by atoms with Crippen molar-refractivity contribution in [2.24, 2.45) is 0 Å². The largest absolute Gasteiger partial charge is 0.228 e. The van der Waals surface area contributed by atoms with Crippen LogP contribution in [0.5, 0.6) is 0 Å². The maximum Gasteiger partial charge on any atom is 0.160 e. The molecule has 0 spiro atoms. The van der Waals surface area contributed by atoms with Crippen molar-refractivity contribution in [3.8, 4) is 62.2 Å². The van der Waals surface area contributed by atoms with E-state index < -0.39 is 0 Å². The summed E-state index contributed by atoms with van der Waals surface area (Å²) >= 11 is 0. The molecule has 0 radical (unpaired) electrons. The number of hydrogen-bond donors (Lipinski definition) is 0. The first-order chi connectivity index (χ1) is 24.7. The molecule has 1 aromatic heterocycles. The van der Waals surface area contributed by atoms with Gasteiger partial charge in [-0.3, -0.25) is 0 Å². The maximum absolute atomic E-state index is 9.24. The number of rotatable bonds is 5. The van der Waals surface area contributed by atoms with Gasteiger partial charge in [-0.15, -0.1) is 0 Å². The van der Waals surface area contributed by atoms with Crippen LogP contribution in [0.3, 0.4) is 0 Å². The Hall–Kier alpha value is -6.89. The standard InChI is InChI=1S/C47H29N3/c48-30-31-14-16-33(17-15-31)35-18-22-37(23-19-35)44-29-45(50-47(49-44)38-24-20-34(21-25-38)32-8-2-1-3-9-32)46-41-13-7-5-11-39(41)28-43-40-12-6-4-10-36(40)26-27-42(43)46/h1-29H. The van der Waals surface area contributed by atoms with Crippen LogP contribution in [-0.2, 0) is 0 Å². The molecule has 0 N–H and O–H groups in total. The van der Waals surface area contributed by atoms with Crippen molar-refractivity contribution in [1.82, 2.24) is 9.97 Å². The number of nitrogens with zero attached hydrogens (tertiary/aromatic N) is 3. The summed E-state index contributed by atoms with van der Waals surface area (Å²) in [6.45, 7) is 0. The molecule has 0 saturated heterocycles. The lowest BCUT2D eigenvalue weighted by Gasteiger charge is -2.15. The molecule has 0 fully saturated rings. The third kappa shape index (κ3) is 5.26. The van der Waals surface area contributed by atoms with Gasteiger partial charge in [0.2, 0.25) is 0 Å². The van der Waals surface area contributed by atoms with Gasteiger partial charge < -0.3 is 0 Å². The molecule has 9 aromatic rings. The van der Waals surface area contributed by atoms with Crippen molar-refractivity contribution < 1.29 is 0 Å². The van der Waals surface area contributed by atoms with E-state index in [2.05, 4.69) is 152 Å². The number of aromatic nitrogens is 2. The van der Waals surface area contributed by atoms with Crippen LogP contribution in [0.2, 0.25) is 0 Å². The van der Waals surface area contributed by atoms with Gasteiger partial charge in [0.25, 0.3) is 0 Å². The Morgan fingerprint density at radius 3 is 1.60 bits per heavy atom. The Morgan fingerprint density at radius 2 is 0.900 bits per heavy atom. The minimum Gasteiger partial charge on any atom is -0.228 e. The van der Waals surface area contributed by atoms with Gasteiger partial charge in [-0.05, 0) is 78.8 Å². The molecule has 0 bridgehead atoms. The third-order valence-corrected chi connectivity index (χ3v) is 9.53. The highest BCUT2D eigenvalue weighted by Crippen LogP contribution is 2.40. The lowest BCUT2D eigenvalue weighted by Crippen LogP contribution is -1.97. The predicted molar refractivity (Wildman–Crippen MR) is 206 cm³/mol. The van der Waals surface area contributed by atoms with E-state index in [0.29, 0.717) is 11.4 Å². The molecule has 0 aliphatic heterocycles. The van der Waals surface area contributed by atoms with Crippen molar-refractivity contribution >= 4 is 32.3 Å². The second kappa shape index (κ2) is 12.3. The van der Waals surface area contributed by atoms with Crippen molar-refractivity contribution in [2.45, 2.75) is 0 Å². The van der Waals surface area contributed by atoms with Crippen LogP contribution in [0.25, 0.3) is 88.5 Å². The first-order valence-electron chi connectivity index (χ1n) is 16.7. The average molecular weight is 636 g/mol. The lowest BCUT2D eigenvalue weighted by atomic mass is 9.91. The fourth-order valence-electron chi connectivity index (χ4n) is 6.96. The molecule has 3 nitrogen and oxygen atoms in total. The van der Waals surface area contributed by atoms with Crippen LogP contribution in [0.4, 0.5) is 0 Å². The molecular formula is C47H29N3. The van der Waals surface area contributed by atoms with Crippen molar-refractivity contribution in [3.05, 3.63) is 181 Å². The zero-order valence-corrected chi connectivity index (χ0v) is 27.1. The molecule has 0 saturated carbocycles. The average Bonchev–Trinajstić information content (AvgIpc) is 3.20. The van der Waals surface area contributed by atoms with Gasteiger partial charge in [-0.2, -0.15) is 5.26 Å². The molecule has 0 atom stereocenters. The van der Waals surface area contributed by atoms with Crippen LogP contribution in [0.15, 0.2) is 176 Å². The summed E-state index contributed by atoms with van der Waals surface area (Å²) in [6.07, 6.45) is 0. The van der Waals surface area contributed by atoms with E-state index in [-0.39, 0.29) is 0 Å². The number of fused-ring (bicyclic) bond motifs is 4. The van der Waals surface area contributed by atoms with Gasteiger partial charge in [0.15, 0.2) is 5.82 Å². The second-order valence-electron chi connectivity index (χ2n) is 12.5. The van der Waals surface area contributed by atoms with Crippen LogP contribution in [0.1, 0.15) is 5.56 Å². The Bertz CT molecular complexity index is 2720. The molecule has 0 amide bonds. The summed E-state index contributed by atoms with van der Waals surface area (Å²) in [6, 6.07) is 63.4. The van der Waals surface area contributed by atoms with E-state index in [1.807, 2.05) is 30.3 Å². The monoisotopic (exact) mass is 635 g/mol. The first kappa shape index (κ1) is 29.3. The van der Waals surface area contributed by atoms with E-state index in [9.17, 15) is 5.26 Å². The molecule has 1 heterocycles. The Labute approximate surface area is 290 Å². The third-order valence-electron chi connectivity index (χ3n) is 9.53. The van der Waals surface area contributed by atoms with Crippen molar-refractivity contribution in [3.63, 3.8) is 0 Å². The molecule has 8 aromatic carbocycles. The molecular weight excluding hydrogens is 607 g/mol. The van der Waals surface area contributed by atoms with Crippen molar-refractivity contribution in [2.75, 3.05) is 0 Å². The van der Waals surface area contributed by atoms with Gasteiger partial charge in [0.05, 0.1) is 23.0 Å². The summed E-state index contributed by atoms with van der Waals surface area (Å²) in [7, 11) is 0. The molecule has 3 heteroatoms. The lowest BCUT2D eigenvalue weighted by molar-refractivity contribution is 1.19. The van der Waals surface area contributed by atoms with Crippen LogP contribution in [0, 0.1) is 11.3 Å². The van der Waals surface area contributed by atoms with E-state index >= 15 is 0 Å². The smallest absolute Gasteiger partial charge is 0.160 e. The van der Waals surface area contributed by atoms with Crippen LogP contribution in [-0.4, -0.2) is 9.97 Å². The molecule has 0 aliphatic carbocycles. The quantitative estimate of drug-likeness (QED) is 0.140. The fourth-order valence-corrected chi connectivity index (χ4v) is 6.96. The Balaban J connectivity index is 1.25. The van der Waals surface area contributed by atoms with Gasteiger partial charge in [0.1, 0.15) is 0 Å². The van der Waals surface area contributed by atoms with E-state index in [1.54, 1.807) is 0 Å². The van der Waals surface area contributed by atoms with Crippen molar-refractivity contribution in [1.29, 1.82) is 5.26 Å². The summed E-state index contributed by atoms with van der Waals surface area (Å²) in [5.74, 6) is 0.676. The molecule has 0 unspecified atom stereocenters. The molecule has 232 valence electrons. The Kier molecular flexibility index (Phi) is 7.19. The van der Waals surface area contributed by atoms with Gasteiger partial charge >= 0.3 is 0 Å². The summed E-state index contributed by atoms with van der Waals surface area (Å²) in [5.41, 5.74) is 9.91. The maximum atomic E-state index is 9.24. The summed E-state index contributed by atoms with van der Waals surface area (Å²) in [4.78, 5) is 10.5. The minimum atomic E-state index is 0.650. The molecule has 50 heavy (non-hydrogen) atoms. The van der Waals surface area contributed by atoms with E-state index in [1.165, 1.54) is 27.1 Å². The van der Waals surface area contributed by atoms with Crippen LogP contribution < -0.4 is 0 Å². The molecule has 9 rings (SSSR count). The SMILES string of the molecule is N#Cc1ccc(-c2ccc(-c3cc(-c4c5ccccc5cc5c4ccc4ccccc45)nc(-c4ccc(-c5ccccc5)cc4)n3)cc2)cc1. The van der Waals surface area contributed by atoms with Gasteiger partial charge in [-0.1, -0.05) is 152 Å². The van der Waals surface area contributed by atoms with Crippen LogP contribution >= 0.6 is 0 Å². The number of hydrogen-bond acceptors (Lipinski definition) is 3. The topological polar surface area (TPSA) is 49.6 Å². The highest BCUT2D eigenvalue weighted by atomic mass is 14.9. The minimum absolute atomic E-state index is 0.650. The second-order valence-corrected chi connectivity index (χ2v) is 12.5. The van der Waals surface area contributed by atoms with E-state index in [4.69, 9.17) is 9.97 Å². The number of nitriles is 1. The molecule has 0 aliphatic rings. The number of benzene rings is 8. The highest BCUT2D eigenvalue weighted by Gasteiger charge is 2.17. The van der Waals surface area contributed by atoms with E-state index in [0.717, 1.165) is 55.5 Å². The predicted octanol–water partition coefficient (Wildman–Crippen LogP) is 12.1. The zero-order chi connectivity index (χ0) is 33.4. The van der Waals surface area contributed by atoms with Gasteiger partial charge in [-0.25, -0.2) is 9.97 Å². The van der Waals surface area contributed by atoms with Gasteiger partial charge in [0, 0.05) is 16.7 Å².